The molecule has 22 heavy (non-hydrogen) atoms. The number of ketones is 1. The molecule has 0 bridgehead atoms. The molecule has 4 unspecified atom stereocenters. The fourth-order valence-electron chi connectivity index (χ4n) is 5.73. The van der Waals surface area contributed by atoms with Gasteiger partial charge in [0, 0.05) is 10.8 Å². The molecule has 2 heteroatoms. The van der Waals surface area contributed by atoms with Gasteiger partial charge >= 0.3 is 0 Å². The second kappa shape index (κ2) is 4.67. The molecule has 4 rings (SSSR count). The number of carbonyl (C=O) groups is 1. The minimum Gasteiger partial charge on any atom is -0.395 e. The van der Waals surface area contributed by atoms with Crippen LogP contribution in [0.15, 0.2) is 34.9 Å². The Morgan fingerprint density at radius 1 is 1.23 bits per heavy atom. The maximum Gasteiger partial charge on any atom is 0.178 e. The zero-order valence-electron chi connectivity index (χ0n) is 13.7. The van der Waals surface area contributed by atoms with Gasteiger partial charge in [-0.05, 0) is 62.5 Å². The van der Waals surface area contributed by atoms with Gasteiger partial charge in [-0.1, -0.05) is 36.6 Å². The molecular formula is C20H26O2. The van der Waals surface area contributed by atoms with Crippen LogP contribution >= 0.6 is 0 Å². The predicted molar refractivity (Wildman–Crippen MR) is 87.2 cm³/mol. The van der Waals surface area contributed by atoms with E-state index in [1.54, 1.807) is 17.2 Å². The summed E-state index contributed by atoms with van der Waals surface area (Å²) in [5.74, 6) is 1.46. The van der Waals surface area contributed by atoms with Crippen LogP contribution in [0.25, 0.3) is 0 Å². The fourth-order valence-corrected chi connectivity index (χ4v) is 5.73. The topological polar surface area (TPSA) is 37.3 Å². The lowest BCUT2D eigenvalue weighted by Gasteiger charge is -2.51. The van der Waals surface area contributed by atoms with Crippen molar-refractivity contribution in [3.05, 3.63) is 34.9 Å². The molecule has 0 saturated heterocycles. The Labute approximate surface area is 133 Å². The van der Waals surface area contributed by atoms with E-state index in [0.717, 1.165) is 19.3 Å². The molecule has 1 saturated carbocycles. The summed E-state index contributed by atoms with van der Waals surface area (Å²) >= 11 is 0. The average molecular weight is 298 g/mol. The van der Waals surface area contributed by atoms with E-state index in [4.69, 9.17) is 0 Å². The average Bonchev–Trinajstić information content (AvgIpc) is 2.86. The van der Waals surface area contributed by atoms with E-state index in [1.807, 2.05) is 6.08 Å². The van der Waals surface area contributed by atoms with Gasteiger partial charge in [-0.25, -0.2) is 0 Å². The predicted octanol–water partition coefficient (Wildman–Crippen LogP) is 3.97. The van der Waals surface area contributed by atoms with Gasteiger partial charge < -0.3 is 5.11 Å². The molecule has 0 radical (unpaired) electrons. The molecule has 0 amide bonds. The first-order chi connectivity index (χ1) is 10.5. The van der Waals surface area contributed by atoms with Crippen LogP contribution in [0.1, 0.15) is 52.4 Å². The lowest BCUT2D eigenvalue weighted by molar-refractivity contribution is -0.110. The van der Waals surface area contributed by atoms with Crippen LogP contribution in [0.2, 0.25) is 0 Å². The number of hydrogen-bond donors (Lipinski definition) is 1. The van der Waals surface area contributed by atoms with Gasteiger partial charge in [0.2, 0.25) is 0 Å². The van der Waals surface area contributed by atoms with Crippen molar-refractivity contribution >= 4 is 5.78 Å². The van der Waals surface area contributed by atoms with E-state index in [1.165, 1.54) is 24.8 Å². The molecule has 0 aromatic heterocycles. The summed E-state index contributed by atoms with van der Waals surface area (Å²) in [5.41, 5.74) is 4.71. The number of aliphatic hydroxyl groups is 1. The number of aliphatic hydroxyl groups excluding tert-OH is 1. The quantitative estimate of drug-likeness (QED) is 0.744. The van der Waals surface area contributed by atoms with Crippen molar-refractivity contribution in [2.45, 2.75) is 52.4 Å². The van der Waals surface area contributed by atoms with Crippen LogP contribution in [0.4, 0.5) is 0 Å². The minimum atomic E-state index is 0.0374. The van der Waals surface area contributed by atoms with Gasteiger partial charge in [0.1, 0.15) is 0 Å². The van der Waals surface area contributed by atoms with Crippen molar-refractivity contribution in [1.29, 1.82) is 0 Å². The van der Waals surface area contributed by atoms with Gasteiger partial charge in [0.25, 0.3) is 0 Å². The van der Waals surface area contributed by atoms with Crippen molar-refractivity contribution in [1.82, 2.24) is 0 Å². The highest BCUT2D eigenvalue weighted by Crippen LogP contribution is 2.61. The van der Waals surface area contributed by atoms with Crippen molar-refractivity contribution in [3.8, 4) is 0 Å². The second-order valence-corrected chi connectivity index (χ2v) is 8.20. The van der Waals surface area contributed by atoms with Crippen LogP contribution in [0, 0.1) is 22.7 Å². The normalized spacial score (nSPS) is 43.6. The van der Waals surface area contributed by atoms with Gasteiger partial charge in [0.15, 0.2) is 5.78 Å². The summed E-state index contributed by atoms with van der Waals surface area (Å²) < 4.78 is 0. The Morgan fingerprint density at radius 3 is 2.82 bits per heavy atom. The summed E-state index contributed by atoms with van der Waals surface area (Å²) in [7, 11) is 0. The number of fused-ring (bicyclic) bond motifs is 4. The summed E-state index contributed by atoms with van der Waals surface area (Å²) in [6.07, 6.45) is 12.7. The molecule has 0 aromatic rings. The summed E-state index contributed by atoms with van der Waals surface area (Å²) in [6, 6.07) is 0. The van der Waals surface area contributed by atoms with Gasteiger partial charge in [-0.15, -0.1) is 0 Å². The molecule has 0 aliphatic heterocycles. The molecule has 1 N–H and O–H groups in total. The molecular weight excluding hydrogens is 272 g/mol. The van der Waals surface area contributed by atoms with Gasteiger partial charge in [-0.3, -0.25) is 4.79 Å². The van der Waals surface area contributed by atoms with Crippen LogP contribution in [-0.4, -0.2) is 17.5 Å². The summed E-state index contributed by atoms with van der Waals surface area (Å²) in [6.45, 7) is 4.87. The minimum absolute atomic E-state index is 0.0374. The van der Waals surface area contributed by atoms with Crippen molar-refractivity contribution < 1.29 is 9.90 Å². The second-order valence-electron chi connectivity index (χ2n) is 8.20. The first kappa shape index (κ1) is 14.4. The molecule has 4 aliphatic rings. The number of carbonyl (C=O) groups excluding carboxylic acids is 1. The van der Waals surface area contributed by atoms with Gasteiger partial charge in [-0.2, -0.15) is 0 Å². The first-order valence-corrected chi connectivity index (χ1v) is 8.75. The molecule has 4 aliphatic carbocycles. The SMILES string of the molecule is CC1(CO)CCC2=C1CCC1C2CCC2=CC(=O)C=CC21C. The molecule has 0 spiro atoms. The third-order valence-electron chi connectivity index (χ3n) is 7.15. The van der Waals surface area contributed by atoms with Crippen LogP contribution in [0.3, 0.4) is 0 Å². The lowest BCUT2D eigenvalue weighted by Crippen LogP contribution is -2.42. The highest BCUT2D eigenvalue weighted by atomic mass is 16.3. The van der Waals surface area contributed by atoms with Crippen LogP contribution in [-0.2, 0) is 4.79 Å². The maximum absolute atomic E-state index is 11.7. The van der Waals surface area contributed by atoms with E-state index in [2.05, 4.69) is 19.9 Å². The largest absolute Gasteiger partial charge is 0.395 e. The standard InChI is InChI=1S/C20H26O2/c1-19(12-21)9-8-16-15-4-3-13-11-14(22)7-10-20(13,2)18(15)6-5-17(16)19/h7,10-11,15,18,21H,3-6,8-9,12H2,1-2H3. The monoisotopic (exact) mass is 298 g/mol. The van der Waals surface area contributed by atoms with Gasteiger partial charge in [0.05, 0.1) is 6.61 Å². The van der Waals surface area contributed by atoms with Crippen LogP contribution < -0.4 is 0 Å². The third kappa shape index (κ3) is 1.79. The van der Waals surface area contributed by atoms with Crippen molar-refractivity contribution in [3.63, 3.8) is 0 Å². The molecule has 2 nitrogen and oxygen atoms in total. The Hall–Kier alpha value is -1.15. The highest BCUT2D eigenvalue weighted by molar-refractivity contribution is 6.01. The molecule has 0 heterocycles. The van der Waals surface area contributed by atoms with E-state index in [-0.39, 0.29) is 16.6 Å². The maximum atomic E-state index is 11.7. The van der Waals surface area contributed by atoms with E-state index in [0.29, 0.717) is 18.4 Å². The van der Waals surface area contributed by atoms with E-state index >= 15 is 0 Å². The first-order valence-electron chi connectivity index (χ1n) is 8.75. The van der Waals surface area contributed by atoms with Crippen molar-refractivity contribution in [2.24, 2.45) is 22.7 Å². The Bertz CT molecular complexity index is 624. The molecule has 0 aromatic carbocycles. The Balaban J connectivity index is 1.73. The zero-order chi connectivity index (χ0) is 15.5. The molecule has 1 fully saturated rings. The number of rotatable bonds is 1. The number of allylic oxidation sites excluding steroid dienone is 5. The number of hydrogen-bond acceptors (Lipinski definition) is 2. The zero-order valence-corrected chi connectivity index (χ0v) is 13.7. The Morgan fingerprint density at radius 2 is 2.05 bits per heavy atom. The van der Waals surface area contributed by atoms with E-state index < -0.39 is 0 Å². The lowest BCUT2D eigenvalue weighted by atomic mass is 9.53. The summed E-state index contributed by atoms with van der Waals surface area (Å²) in [5, 5.41) is 9.84. The fraction of sp³-hybridized carbons (Fsp3) is 0.650. The van der Waals surface area contributed by atoms with Crippen molar-refractivity contribution in [2.75, 3.05) is 6.61 Å². The smallest absolute Gasteiger partial charge is 0.178 e. The molecule has 118 valence electrons. The summed E-state index contributed by atoms with van der Waals surface area (Å²) in [4.78, 5) is 11.7. The van der Waals surface area contributed by atoms with Crippen LogP contribution in [0.5, 0.6) is 0 Å². The highest BCUT2D eigenvalue weighted by Gasteiger charge is 2.51. The Kier molecular flexibility index (Phi) is 3.07. The third-order valence-corrected chi connectivity index (χ3v) is 7.15. The van der Waals surface area contributed by atoms with E-state index in [9.17, 15) is 9.90 Å². The molecule has 4 atom stereocenters.